The highest BCUT2D eigenvalue weighted by Crippen LogP contribution is 2.36. The average molecular weight is 262 g/mol. The predicted octanol–water partition coefficient (Wildman–Crippen LogP) is 1.74. The SMILES string of the molecule is CCC1(C)CNC(C2CC2)CN1CCn1cccn1. The second kappa shape index (κ2) is 5.25. The van der Waals surface area contributed by atoms with E-state index in [1.807, 2.05) is 16.9 Å². The molecule has 0 aromatic carbocycles. The quantitative estimate of drug-likeness (QED) is 0.877. The zero-order valence-corrected chi connectivity index (χ0v) is 12.2. The number of nitrogens with zero attached hydrogens (tertiary/aromatic N) is 3. The van der Waals surface area contributed by atoms with E-state index in [9.17, 15) is 0 Å². The Morgan fingerprint density at radius 2 is 2.21 bits per heavy atom. The van der Waals surface area contributed by atoms with Gasteiger partial charge in [-0.25, -0.2) is 0 Å². The molecule has 3 rings (SSSR count). The van der Waals surface area contributed by atoms with Crippen molar-refractivity contribution in [3.63, 3.8) is 0 Å². The van der Waals surface area contributed by atoms with Gasteiger partial charge in [0, 0.05) is 43.6 Å². The third-order valence-corrected chi connectivity index (χ3v) is 5.04. The van der Waals surface area contributed by atoms with E-state index in [1.54, 1.807) is 0 Å². The Kier molecular flexibility index (Phi) is 3.63. The van der Waals surface area contributed by atoms with Crippen LogP contribution in [-0.2, 0) is 6.54 Å². The molecule has 2 unspecified atom stereocenters. The molecule has 4 heteroatoms. The van der Waals surface area contributed by atoms with Gasteiger partial charge in [0.25, 0.3) is 0 Å². The van der Waals surface area contributed by atoms with Gasteiger partial charge < -0.3 is 5.32 Å². The van der Waals surface area contributed by atoms with Crippen LogP contribution in [0.2, 0.25) is 0 Å². The maximum atomic E-state index is 4.32. The van der Waals surface area contributed by atoms with Gasteiger partial charge in [-0.3, -0.25) is 9.58 Å². The van der Waals surface area contributed by atoms with Crippen molar-refractivity contribution in [1.82, 2.24) is 20.0 Å². The van der Waals surface area contributed by atoms with Crippen molar-refractivity contribution in [2.45, 2.75) is 51.2 Å². The molecule has 1 N–H and O–H groups in total. The monoisotopic (exact) mass is 262 g/mol. The molecule has 2 fully saturated rings. The van der Waals surface area contributed by atoms with Gasteiger partial charge in [0.15, 0.2) is 0 Å². The molecule has 1 aliphatic carbocycles. The van der Waals surface area contributed by atoms with Crippen molar-refractivity contribution in [3.05, 3.63) is 18.5 Å². The summed E-state index contributed by atoms with van der Waals surface area (Å²) in [6, 6.07) is 2.72. The topological polar surface area (TPSA) is 33.1 Å². The van der Waals surface area contributed by atoms with Crippen LogP contribution in [0.15, 0.2) is 18.5 Å². The van der Waals surface area contributed by atoms with Crippen LogP contribution < -0.4 is 5.32 Å². The van der Waals surface area contributed by atoms with Gasteiger partial charge >= 0.3 is 0 Å². The summed E-state index contributed by atoms with van der Waals surface area (Å²) in [6.45, 7) is 9.14. The Morgan fingerprint density at radius 1 is 1.37 bits per heavy atom. The van der Waals surface area contributed by atoms with E-state index in [-0.39, 0.29) is 0 Å². The minimum Gasteiger partial charge on any atom is -0.311 e. The maximum absolute atomic E-state index is 4.32. The van der Waals surface area contributed by atoms with Crippen molar-refractivity contribution in [1.29, 1.82) is 0 Å². The maximum Gasteiger partial charge on any atom is 0.0536 e. The van der Waals surface area contributed by atoms with Gasteiger partial charge in [-0.2, -0.15) is 5.10 Å². The first-order valence-corrected chi connectivity index (χ1v) is 7.67. The first-order valence-electron chi connectivity index (χ1n) is 7.67. The number of piperazine rings is 1. The van der Waals surface area contributed by atoms with Crippen molar-refractivity contribution < 1.29 is 0 Å². The lowest BCUT2D eigenvalue weighted by Crippen LogP contribution is -2.64. The van der Waals surface area contributed by atoms with E-state index >= 15 is 0 Å². The second-order valence-electron chi connectivity index (χ2n) is 6.39. The summed E-state index contributed by atoms with van der Waals surface area (Å²) in [5.41, 5.74) is 0.304. The van der Waals surface area contributed by atoms with Crippen molar-refractivity contribution >= 4 is 0 Å². The summed E-state index contributed by atoms with van der Waals surface area (Å²) in [7, 11) is 0. The summed E-state index contributed by atoms with van der Waals surface area (Å²) in [6.07, 6.45) is 7.98. The minimum absolute atomic E-state index is 0.304. The highest BCUT2D eigenvalue weighted by Gasteiger charge is 2.41. The molecule has 1 aliphatic heterocycles. The highest BCUT2D eigenvalue weighted by atomic mass is 15.3. The minimum atomic E-state index is 0.304. The van der Waals surface area contributed by atoms with Gasteiger partial charge in [-0.1, -0.05) is 6.92 Å². The van der Waals surface area contributed by atoms with Crippen LogP contribution in [0.3, 0.4) is 0 Å². The van der Waals surface area contributed by atoms with E-state index in [0.717, 1.165) is 31.6 Å². The molecule has 106 valence electrons. The molecule has 19 heavy (non-hydrogen) atoms. The Bertz CT molecular complexity index is 398. The van der Waals surface area contributed by atoms with E-state index in [4.69, 9.17) is 0 Å². The van der Waals surface area contributed by atoms with Crippen LogP contribution >= 0.6 is 0 Å². The first kappa shape index (κ1) is 13.1. The summed E-state index contributed by atoms with van der Waals surface area (Å²) in [5, 5.41) is 8.10. The van der Waals surface area contributed by atoms with Crippen LogP contribution in [0.4, 0.5) is 0 Å². The van der Waals surface area contributed by atoms with Crippen LogP contribution in [0.25, 0.3) is 0 Å². The molecule has 2 heterocycles. The smallest absolute Gasteiger partial charge is 0.0536 e. The Hall–Kier alpha value is -0.870. The molecule has 2 aliphatic rings. The molecule has 4 nitrogen and oxygen atoms in total. The Morgan fingerprint density at radius 3 is 2.84 bits per heavy atom. The fourth-order valence-electron chi connectivity index (χ4n) is 3.17. The van der Waals surface area contributed by atoms with Crippen molar-refractivity contribution in [3.8, 4) is 0 Å². The Labute approximate surface area is 116 Å². The molecule has 1 saturated carbocycles. The lowest BCUT2D eigenvalue weighted by atomic mass is 9.91. The van der Waals surface area contributed by atoms with Crippen LogP contribution in [0, 0.1) is 5.92 Å². The second-order valence-corrected chi connectivity index (χ2v) is 6.39. The van der Waals surface area contributed by atoms with Crippen molar-refractivity contribution in [2.24, 2.45) is 5.92 Å². The lowest BCUT2D eigenvalue weighted by molar-refractivity contribution is 0.0403. The molecule has 1 aromatic heterocycles. The summed E-state index contributed by atoms with van der Waals surface area (Å²) < 4.78 is 2.05. The number of hydrogen-bond donors (Lipinski definition) is 1. The number of aromatic nitrogens is 2. The number of rotatable bonds is 5. The molecule has 0 bridgehead atoms. The van der Waals surface area contributed by atoms with Gasteiger partial charge in [-0.05, 0) is 38.2 Å². The zero-order valence-electron chi connectivity index (χ0n) is 12.2. The van der Waals surface area contributed by atoms with Gasteiger partial charge in [0.2, 0.25) is 0 Å². The van der Waals surface area contributed by atoms with Gasteiger partial charge in [-0.15, -0.1) is 0 Å². The average Bonchev–Trinajstić information content (AvgIpc) is 3.14. The molecule has 2 atom stereocenters. The third kappa shape index (κ3) is 2.84. The summed E-state index contributed by atoms with van der Waals surface area (Å²) in [4.78, 5) is 2.69. The predicted molar refractivity (Wildman–Crippen MR) is 77.0 cm³/mol. The van der Waals surface area contributed by atoms with E-state index < -0.39 is 0 Å². The number of nitrogens with one attached hydrogen (secondary N) is 1. The van der Waals surface area contributed by atoms with Crippen LogP contribution in [0.1, 0.15) is 33.1 Å². The normalized spacial score (nSPS) is 32.6. The van der Waals surface area contributed by atoms with Crippen LogP contribution in [0.5, 0.6) is 0 Å². The highest BCUT2D eigenvalue weighted by molar-refractivity contribution is 4.99. The first-order chi connectivity index (χ1) is 9.21. The molecular formula is C15H26N4. The number of hydrogen-bond acceptors (Lipinski definition) is 3. The zero-order chi connectivity index (χ0) is 13.3. The fourth-order valence-corrected chi connectivity index (χ4v) is 3.17. The molecule has 0 spiro atoms. The van der Waals surface area contributed by atoms with Gasteiger partial charge in [0.1, 0.15) is 0 Å². The van der Waals surface area contributed by atoms with Crippen LogP contribution in [-0.4, -0.2) is 45.9 Å². The fraction of sp³-hybridized carbons (Fsp3) is 0.800. The molecule has 1 aromatic rings. The molecule has 1 saturated heterocycles. The van der Waals surface area contributed by atoms with E-state index in [0.29, 0.717) is 5.54 Å². The summed E-state index contributed by atoms with van der Waals surface area (Å²) in [5.74, 6) is 0.939. The third-order valence-electron chi connectivity index (χ3n) is 5.04. The Balaban J connectivity index is 1.62. The summed E-state index contributed by atoms with van der Waals surface area (Å²) >= 11 is 0. The standard InChI is InChI=1S/C15H26N4/c1-3-15(2)12-16-14(13-5-6-13)11-18(15)9-10-19-8-4-7-17-19/h4,7-8,13-14,16H,3,5-6,9-12H2,1-2H3. The van der Waals surface area contributed by atoms with Crippen molar-refractivity contribution in [2.75, 3.05) is 19.6 Å². The van der Waals surface area contributed by atoms with Gasteiger partial charge in [0.05, 0.1) is 6.54 Å². The molecule has 0 amide bonds. The molecule has 0 radical (unpaired) electrons. The van der Waals surface area contributed by atoms with E-state index in [1.165, 1.54) is 25.8 Å². The lowest BCUT2D eigenvalue weighted by Gasteiger charge is -2.48. The largest absolute Gasteiger partial charge is 0.311 e. The van der Waals surface area contributed by atoms with E-state index in [2.05, 4.69) is 35.4 Å². The molecular weight excluding hydrogens is 236 g/mol.